The van der Waals surface area contributed by atoms with Gasteiger partial charge in [-0.3, -0.25) is 4.90 Å². The Labute approximate surface area is 108 Å². The Morgan fingerprint density at radius 2 is 2.22 bits per heavy atom. The third-order valence-corrected chi connectivity index (χ3v) is 3.27. The van der Waals surface area contributed by atoms with Crippen molar-refractivity contribution in [1.82, 2.24) is 10.2 Å². The summed E-state index contributed by atoms with van der Waals surface area (Å²) in [7, 11) is 0. The first-order valence-corrected chi connectivity index (χ1v) is 6.37. The number of nitriles is 1. The highest BCUT2D eigenvalue weighted by atomic mass is 16.5. The van der Waals surface area contributed by atoms with Gasteiger partial charge in [0.2, 0.25) is 0 Å². The lowest BCUT2D eigenvalue weighted by atomic mass is 10.2. The van der Waals surface area contributed by atoms with Gasteiger partial charge < -0.3 is 10.1 Å². The highest BCUT2D eigenvalue weighted by Crippen LogP contribution is 2.11. The number of ether oxygens (including phenoxy) is 1. The van der Waals surface area contributed by atoms with E-state index < -0.39 is 0 Å². The maximum Gasteiger partial charge on any atom is 0.119 e. The number of hydrogen-bond acceptors (Lipinski definition) is 4. The van der Waals surface area contributed by atoms with E-state index in [4.69, 9.17) is 10.00 Å². The molecule has 1 atom stereocenters. The minimum absolute atomic E-state index is 0.573. The molecule has 1 N–H and O–H groups in total. The molecule has 4 heteroatoms. The van der Waals surface area contributed by atoms with Gasteiger partial charge in [-0.1, -0.05) is 0 Å². The lowest BCUT2D eigenvalue weighted by Crippen LogP contribution is -2.50. The molecule has 1 fully saturated rings. The lowest BCUT2D eigenvalue weighted by molar-refractivity contribution is 0.143. The van der Waals surface area contributed by atoms with E-state index in [1.54, 1.807) is 12.1 Å². The van der Waals surface area contributed by atoms with E-state index in [2.05, 4.69) is 23.2 Å². The number of benzene rings is 1. The molecule has 0 bridgehead atoms. The average Bonchev–Trinajstić information content (AvgIpc) is 2.42. The van der Waals surface area contributed by atoms with Gasteiger partial charge >= 0.3 is 0 Å². The fraction of sp³-hybridized carbons (Fsp3) is 0.500. The van der Waals surface area contributed by atoms with Crippen molar-refractivity contribution >= 4 is 0 Å². The van der Waals surface area contributed by atoms with Gasteiger partial charge in [0.05, 0.1) is 11.6 Å². The van der Waals surface area contributed by atoms with Gasteiger partial charge in [0.1, 0.15) is 12.4 Å². The molecule has 2 rings (SSSR count). The Kier molecular flexibility index (Phi) is 4.57. The van der Waals surface area contributed by atoms with Crippen molar-refractivity contribution in [2.45, 2.75) is 13.0 Å². The second-order valence-electron chi connectivity index (χ2n) is 4.57. The molecule has 0 unspecified atom stereocenters. The molecule has 1 heterocycles. The normalized spacial score (nSPS) is 20.3. The highest BCUT2D eigenvalue weighted by Gasteiger charge is 2.16. The molecule has 0 aliphatic carbocycles. The number of rotatable bonds is 4. The largest absolute Gasteiger partial charge is 0.492 e. The molecule has 0 amide bonds. The van der Waals surface area contributed by atoms with Gasteiger partial charge in [-0.15, -0.1) is 0 Å². The standard InChI is InChI=1S/C14H19N3O/c1-12-11-16-6-7-17(12)8-9-18-14-4-2-13(10-15)3-5-14/h2-5,12,16H,6-9,11H2,1H3/t12-/m1/s1. The summed E-state index contributed by atoms with van der Waals surface area (Å²) >= 11 is 0. The van der Waals surface area contributed by atoms with Crippen LogP contribution in [0.2, 0.25) is 0 Å². The van der Waals surface area contributed by atoms with Crippen LogP contribution in [0.1, 0.15) is 12.5 Å². The SMILES string of the molecule is C[C@@H]1CNCCN1CCOc1ccc(C#N)cc1. The number of piperazine rings is 1. The molecular formula is C14H19N3O. The molecule has 1 aliphatic heterocycles. The summed E-state index contributed by atoms with van der Waals surface area (Å²) in [6.07, 6.45) is 0. The Bertz CT molecular complexity index is 410. The van der Waals surface area contributed by atoms with E-state index in [0.29, 0.717) is 18.2 Å². The second-order valence-corrected chi connectivity index (χ2v) is 4.57. The zero-order chi connectivity index (χ0) is 12.8. The Morgan fingerprint density at radius 3 is 2.89 bits per heavy atom. The van der Waals surface area contributed by atoms with Crippen molar-refractivity contribution in [3.63, 3.8) is 0 Å². The average molecular weight is 245 g/mol. The monoisotopic (exact) mass is 245 g/mol. The zero-order valence-corrected chi connectivity index (χ0v) is 10.7. The molecule has 0 radical (unpaired) electrons. The molecule has 0 saturated carbocycles. The van der Waals surface area contributed by atoms with Crippen molar-refractivity contribution in [1.29, 1.82) is 5.26 Å². The second kappa shape index (κ2) is 6.39. The Balaban J connectivity index is 1.75. The van der Waals surface area contributed by atoms with Crippen LogP contribution in [0.25, 0.3) is 0 Å². The van der Waals surface area contributed by atoms with E-state index in [-0.39, 0.29) is 0 Å². The highest BCUT2D eigenvalue weighted by molar-refractivity contribution is 5.34. The topological polar surface area (TPSA) is 48.3 Å². The van der Waals surface area contributed by atoms with E-state index >= 15 is 0 Å². The summed E-state index contributed by atoms with van der Waals surface area (Å²) in [5, 5.41) is 12.1. The van der Waals surface area contributed by atoms with Crippen molar-refractivity contribution < 1.29 is 4.74 Å². The summed E-state index contributed by atoms with van der Waals surface area (Å²) < 4.78 is 5.69. The summed E-state index contributed by atoms with van der Waals surface area (Å²) in [4.78, 5) is 2.43. The molecule has 1 saturated heterocycles. The van der Waals surface area contributed by atoms with Crippen molar-refractivity contribution in [3.05, 3.63) is 29.8 Å². The van der Waals surface area contributed by atoms with E-state index in [1.807, 2.05) is 12.1 Å². The molecule has 1 aromatic rings. The minimum Gasteiger partial charge on any atom is -0.492 e. The van der Waals surface area contributed by atoms with Crippen molar-refractivity contribution in [3.8, 4) is 11.8 Å². The van der Waals surface area contributed by atoms with Crippen LogP contribution in [-0.2, 0) is 0 Å². The molecule has 0 spiro atoms. The maximum atomic E-state index is 8.70. The van der Waals surface area contributed by atoms with E-state index in [9.17, 15) is 0 Å². The van der Waals surface area contributed by atoms with Crippen LogP contribution < -0.4 is 10.1 Å². The summed E-state index contributed by atoms with van der Waals surface area (Å²) in [6, 6.07) is 9.92. The predicted octanol–water partition coefficient (Wildman–Crippen LogP) is 1.23. The number of nitrogens with zero attached hydrogens (tertiary/aromatic N) is 2. The Hall–Kier alpha value is -1.57. The van der Waals surface area contributed by atoms with Crippen LogP contribution >= 0.6 is 0 Å². The van der Waals surface area contributed by atoms with Crippen molar-refractivity contribution in [2.75, 3.05) is 32.8 Å². The van der Waals surface area contributed by atoms with Gasteiger partial charge in [0, 0.05) is 32.2 Å². The molecule has 1 aromatic carbocycles. The van der Waals surface area contributed by atoms with Gasteiger partial charge in [0.15, 0.2) is 0 Å². The third-order valence-electron chi connectivity index (χ3n) is 3.27. The summed E-state index contributed by atoms with van der Waals surface area (Å²) in [5.74, 6) is 0.830. The van der Waals surface area contributed by atoms with E-state index in [1.165, 1.54) is 0 Å². The molecule has 4 nitrogen and oxygen atoms in total. The number of nitrogens with one attached hydrogen (secondary N) is 1. The predicted molar refractivity (Wildman–Crippen MR) is 70.6 cm³/mol. The number of hydrogen-bond donors (Lipinski definition) is 1. The van der Waals surface area contributed by atoms with Gasteiger partial charge in [-0.2, -0.15) is 5.26 Å². The fourth-order valence-electron chi connectivity index (χ4n) is 2.12. The first-order chi connectivity index (χ1) is 8.79. The van der Waals surface area contributed by atoms with Gasteiger partial charge in [0.25, 0.3) is 0 Å². The van der Waals surface area contributed by atoms with Crippen LogP contribution in [0.5, 0.6) is 5.75 Å². The van der Waals surface area contributed by atoms with Crippen LogP contribution in [-0.4, -0.2) is 43.7 Å². The first-order valence-electron chi connectivity index (χ1n) is 6.37. The molecular weight excluding hydrogens is 226 g/mol. The van der Waals surface area contributed by atoms with Crippen LogP contribution in [0.4, 0.5) is 0 Å². The minimum atomic E-state index is 0.573. The van der Waals surface area contributed by atoms with Crippen LogP contribution in [0, 0.1) is 11.3 Å². The van der Waals surface area contributed by atoms with Gasteiger partial charge in [-0.05, 0) is 31.2 Å². The van der Waals surface area contributed by atoms with E-state index in [0.717, 1.165) is 31.9 Å². The van der Waals surface area contributed by atoms with Gasteiger partial charge in [-0.25, -0.2) is 0 Å². The quantitative estimate of drug-likeness (QED) is 0.867. The summed E-state index contributed by atoms with van der Waals surface area (Å²) in [5.41, 5.74) is 0.665. The molecule has 0 aromatic heterocycles. The lowest BCUT2D eigenvalue weighted by Gasteiger charge is -2.33. The fourth-order valence-corrected chi connectivity index (χ4v) is 2.12. The third kappa shape index (κ3) is 3.46. The maximum absolute atomic E-state index is 8.70. The molecule has 96 valence electrons. The van der Waals surface area contributed by atoms with Crippen LogP contribution in [0.15, 0.2) is 24.3 Å². The van der Waals surface area contributed by atoms with Crippen molar-refractivity contribution in [2.24, 2.45) is 0 Å². The van der Waals surface area contributed by atoms with Crippen LogP contribution in [0.3, 0.4) is 0 Å². The molecule has 1 aliphatic rings. The molecule has 18 heavy (non-hydrogen) atoms. The summed E-state index contributed by atoms with van der Waals surface area (Å²) in [6.45, 7) is 7.06. The Morgan fingerprint density at radius 1 is 1.44 bits per heavy atom. The first kappa shape index (κ1) is 12.9. The smallest absolute Gasteiger partial charge is 0.119 e. The zero-order valence-electron chi connectivity index (χ0n) is 10.7.